The van der Waals surface area contributed by atoms with Gasteiger partial charge in [-0.05, 0) is 30.5 Å². The molecule has 0 unspecified atom stereocenters. The van der Waals surface area contributed by atoms with Crippen LogP contribution in [0.15, 0.2) is 18.2 Å². The number of hydrogen-bond donors (Lipinski definition) is 1. The van der Waals surface area contributed by atoms with Crippen molar-refractivity contribution in [3.8, 4) is 11.5 Å². The standard InChI is InChI=1S/C33H52N8O7/c1-42-18-14-40(15-19-43-2)32-36-29-28(30(37-32)34-23-24-8-9-26(47-6)27(22-24)48-7)35-33(41(16-20-44-3)17-21-45-4)38-31(29)39-12-10-25(46-5)11-13-39/h8-9,22,25H,10-21,23H2,1-7H3,(H,34,36,37). The van der Waals surface area contributed by atoms with Crippen LogP contribution in [-0.4, -0.2) is 142 Å². The summed E-state index contributed by atoms with van der Waals surface area (Å²) in [7, 11) is 11.8. The molecule has 0 amide bonds. The molecule has 48 heavy (non-hydrogen) atoms. The zero-order valence-electron chi connectivity index (χ0n) is 29.5. The topological polar surface area (TPSA) is 138 Å². The smallest absolute Gasteiger partial charge is 0.228 e. The molecule has 0 saturated carbocycles. The van der Waals surface area contributed by atoms with E-state index in [1.165, 1.54) is 0 Å². The Morgan fingerprint density at radius 2 is 1.23 bits per heavy atom. The second kappa shape index (κ2) is 19.3. The van der Waals surface area contributed by atoms with Crippen molar-refractivity contribution in [1.29, 1.82) is 0 Å². The van der Waals surface area contributed by atoms with Crippen LogP contribution < -0.4 is 29.5 Å². The van der Waals surface area contributed by atoms with Crippen LogP contribution in [0.3, 0.4) is 0 Å². The van der Waals surface area contributed by atoms with Gasteiger partial charge in [-0.2, -0.15) is 9.97 Å². The quantitative estimate of drug-likeness (QED) is 0.177. The summed E-state index contributed by atoms with van der Waals surface area (Å²) in [4.78, 5) is 26.9. The molecule has 2 aromatic heterocycles. The molecule has 0 bridgehead atoms. The molecule has 1 aromatic carbocycles. The zero-order valence-corrected chi connectivity index (χ0v) is 29.5. The lowest BCUT2D eigenvalue weighted by Gasteiger charge is -2.33. The number of hydrogen-bond acceptors (Lipinski definition) is 15. The van der Waals surface area contributed by atoms with Crippen molar-refractivity contribution in [2.45, 2.75) is 25.5 Å². The minimum Gasteiger partial charge on any atom is -0.493 e. The Morgan fingerprint density at radius 1 is 0.688 bits per heavy atom. The Bertz CT molecular complexity index is 1390. The molecular weight excluding hydrogens is 620 g/mol. The van der Waals surface area contributed by atoms with Gasteiger partial charge in [0.15, 0.2) is 23.1 Å². The lowest BCUT2D eigenvalue weighted by atomic mass is 10.1. The van der Waals surface area contributed by atoms with Gasteiger partial charge in [-0.1, -0.05) is 6.07 Å². The summed E-state index contributed by atoms with van der Waals surface area (Å²) in [6.45, 7) is 6.34. The molecule has 1 saturated heterocycles. The first-order chi connectivity index (χ1) is 23.5. The van der Waals surface area contributed by atoms with Gasteiger partial charge in [-0.15, -0.1) is 0 Å². The van der Waals surface area contributed by atoms with E-state index in [0.717, 1.165) is 37.3 Å². The van der Waals surface area contributed by atoms with Crippen molar-refractivity contribution in [2.24, 2.45) is 0 Å². The van der Waals surface area contributed by atoms with Crippen molar-refractivity contribution in [2.75, 3.05) is 135 Å². The Labute approximate surface area is 283 Å². The Kier molecular flexibility index (Phi) is 14.9. The number of piperidine rings is 1. The van der Waals surface area contributed by atoms with Crippen molar-refractivity contribution in [1.82, 2.24) is 19.9 Å². The third kappa shape index (κ3) is 9.66. The van der Waals surface area contributed by atoms with E-state index in [9.17, 15) is 0 Å². The van der Waals surface area contributed by atoms with Gasteiger partial charge in [0, 0.05) is 81.4 Å². The van der Waals surface area contributed by atoms with Gasteiger partial charge in [0.05, 0.1) is 46.8 Å². The van der Waals surface area contributed by atoms with E-state index in [1.54, 1.807) is 49.8 Å². The summed E-state index contributed by atoms with van der Waals surface area (Å²) in [6, 6.07) is 5.83. The van der Waals surface area contributed by atoms with Crippen LogP contribution >= 0.6 is 0 Å². The molecule has 0 spiro atoms. The van der Waals surface area contributed by atoms with Crippen molar-refractivity contribution in [3.05, 3.63) is 23.8 Å². The van der Waals surface area contributed by atoms with Crippen LogP contribution in [0, 0.1) is 0 Å². The number of ether oxygens (including phenoxy) is 7. The van der Waals surface area contributed by atoms with Gasteiger partial charge in [0.2, 0.25) is 11.9 Å². The Balaban J connectivity index is 1.89. The van der Waals surface area contributed by atoms with E-state index in [1.807, 2.05) is 18.2 Å². The molecule has 4 rings (SSSR count). The highest BCUT2D eigenvalue weighted by Crippen LogP contribution is 2.34. The lowest BCUT2D eigenvalue weighted by Crippen LogP contribution is -2.38. The van der Waals surface area contributed by atoms with Gasteiger partial charge in [-0.25, -0.2) is 9.97 Å². The normalized spacial score (nSPS) is 13.6. The van der Waals surface area contributed by atoms with Crippen molar-refractivity contribution >= 4 is 34.6 Å². The molecule has 0 atom stereocenters. The van der Waals surface area contributed by atoms with Gasteiger partial charge in [-0.3, -0.25) is 0 Å². The van der Waals surface area contributed by atoms with E-state index in [-0.39, 0.29) is 6.10 Å². The molecule has 266 valence electrons. The summed E-state index contributed by atoms with van der Waals surface area (Å²) in [5.74, 6) is 3.73. The largest absolute Gasteiger partial charge is 0.493 e. The first-order valence-corrected chi connectivity index (χ1v) is 16.3. The molecule has 0 aliphatic carbocycles. The molecule has 1 N–H and O–H groups in total. The minimum absolute atomic E-state index is 0.205. The number of nitrogens with one attached hydrogen (secondary N) is 1. The number of nitrogens with zero attached hydrogens (tertiary/aromatic N) is 7. The van der Waals surface area contributed by atoms with E-state index in [2.05, 4.69) is 20.0 Å². The zero-order chi connectivity index (χ0) is 34.3. The van der Waals surface area contributed by atoms with E-state index >= 15 is 0 Å². The number of methoxy groups -OCH3 is 7. The number of aromatic nitrogens is 4. The minimum atomic E-state index is 0.205. The summed E-state index contributed by atoms with van der Waals surface area (Å²) in [6.07, 6.45) is 1.96. The second-order valence-electron chi connectivity index (χ2n) is 11.3. The average molecular weight is 673 g/mol. The first-order valence-electron chi connectivity index (χ1n) is 16.3. The summed E-state index contributed by atoms with van der Waals surface area (Å²) >= 11 is 0. The summed E-state index contributed by atoms with van der Waals surface area (Å²) < 4.78 is 38.5. The number of anilines is 4. The average Bonchev–Trinajstić information content (AvgIpc) is 3.13. The fourth-order valence-electron chi connectivity index (χ4n) is 5.51. The highest BCUT2D eigenvalue weighted by atomic mass is 16.5. The highest BCUT2D eigenvalue weighted by Gasteiger charge is 2.27. The summed E-state index contributed by atoms with van der Waals surface area (Å²) in [5, 5.41) is 3.57. The Hall–Kier alpha value is -3.76. The van der Waals surface area contributed by atoms with Gasteiger partial charge in [0.25, 0.3) is 0 Å². The lowest BCUT2D eigenvalue weighted by molar-refractivity contribution is 0.0818. The number of rotatable bonds is 21. The molecule has 1 fully saturated rings. The maximum Gasteiger partial charge on any atom is 0.228 e. The molecule has 3 aromatic rings. The first kappa shape index (κ1) is 37.1. The van der Waals surface area contributed by atoms with Gasteiger partial charge >= 0.3 is 0 Å². The second-order valence-corrected chi connectivity index (χ2v) is 11.3. The fraction of sp³-hybridized carbons (Fsp3) is 0.636. The monoisotopic (exact) mass is 672 g/mol. The highest BCUT2D eigenvalue weighted by molar-refractivity contribution is 5.95. The van der Waals surface area contributed by atoms with E-state index < -0.39 is 0 Å². The molecule has 3 heterocycles. The molecule has 1 aliphatic heterocycles. The van der Waals surface area contributed by atoms with Crippen LogP contribution in [0.5, 0.6) is 11.5 Å². The van der Waals surface area contributed by atoms with Gasteiger partial charge in [0.1, 0.15) is 11.0 Å². The predicted octanol–water partition coefficient (Wildman–Crippen LogP) is 2.86. The van der Waals surface area contributed by atoms with Crippen LogP contribution in [0.4, 0.5) is 23.5 Å². The number of fused-ring (bicyclic) bond motifs is 1. The van der Waals surface area contributed by atoms with Crippen molar-refractivity contribution < 1.29 is 33.2 Å². The van der Waals surface area contributed by atoms with Crippen LogP contribution in [0.2, 0.25) is 0 Å². The molecule has 0 radical (unpaired) electrons. The fourth-order valence-corrected chi connectivity index (χ4v) is 5.51. The van der Waals surface area contributed by atoms with Crippen LogP contribution in [0.25, 0.3) is 11.0 Å². The molecule has 15 nitrogen and oxygen atoms in total. The molecule has 15 heteroatoms. The predicted molar refractivity (Wildman–Crippen MR) is 186 cm³/mol. The number of benzene rings is 1. The maximum atomic E-state index is 5.68. The third-order valence-electron chi connectivity index (χ3n) is 8.31. The summed E-state index contributed by atoms with van der Waals surface area (Å²) in [5.41, 5.74) is 2.26. The molecular formula is C33H52N8O7. The van der Waals surface area contributed by atoms with E-state index in [0.29, 0.717) is 99.4 Å². The van der Waals surface area contributed by atoms with Crippen LogP contribution in [0.1, 0.15) is 18.4 Å². The maximum absolute atomic E-state index is 5.68. The van der Waals surface area contributed by atoms with Crippen molar-refractivity contribution in [3.63, 3.8) is 0 Å². The molecule has 1 aliphatic rings. The third-order valence-corrected chi connectivity index (χ3v) is 8.31. The van der Waals surface area contributed by atoms with Crippen LogP contribution in [-0.2, 0) is 30.2 Å². The SMILES string of the molecule is COCCN(CCOC)c1nc(N2CCC(OC)CC2)c2nc(N(CCOC)CCOC)nc(NCc3ccc(OC)c(OC)c3)c2n1. The van der Waals surface area contributed by atoms with Gasteiger partial charge < -0.3 is 53.2 Å². The van der Waals surface area contributed by atoms with E-state index in [4.69, 9.17) is 53.1 Å². The Morgan fingerprint density at radius 3 is 1.75 bits per heavy atom.